The molecule has 0 N–H and O–H groups in total. The van der Waals surface area contributed by atoms with E-state index in [-0.39, 0.29) is 11.6 Å². The van der Waals surface area contributed by atoms with Gasteiger partial charge in [0, 0.05) is 24.4 Å². The SMILES string of the molecule is CC.CC.Cc1cc([N+](=O)[O-])ccc1N1CCCC(Cl)(Cl)C1=O. The average molecular weight is 363 g/mol. The summed E-state index contributed by atoms with van der Waals surface area (Å²) in [6.07, 6.45) is 1.10. The number of carbonyl (C=O) groups excluding carboxylic acids is 1. The lowest BCUT2D eigenvalue weighted by Gasteiger charge is -2.34. The Labute approximate surface area is 147 Å². The molecule has 1 aliphatic rings. The molecule has 1 aromatic rings. The first-order valence-corrected chi connectivity index (χ1v) is 8.53. The average Bonchev–Trinajstić information content (AvgIpc) is 2.54. The van der Waals surface area contributed by atoms with E-state index in [1.165, 1.54) is 17.0 Å². The molecule has 0 atom stereocenters. The van der Waals surface area contributed by atoms with Gasteiger partial charge >= 0.3 is 0 Å². The lowest BCUT2D eigenvalue weighted by molar-refractivity contribution is -0.384. The Bertz CT molecular complexity index is 548. The molecule has 0 spiro atoms. The van der Waals surface area contributed by atoms with Crippen molar-refractivity contribution in [3.05, 3.63) is 33.9 Å². The van der Waals surface area contributed by atoms with E-state index in [1.54, 1.807) is 13.0 Å². The third kappa shape index (κ3) is 5.36. The molecule has 0 radical (unpaired) electrons. The first kappa shape index (κ1) is 21.7. The fourth-order valence-electron chi connectivity index (χ4n) is 2.15. The van der Waals surface area contributed by atoms with Gasteiger partial charge in [0.15, 0.2) is 4.33 Å². The summed E-state index contributed by atoms with van der Waals surface area (Å²) in [5.74, 6) is -0.376. The molecule has 0 bridgehead atoms. The molecule has 2 rings (SSSR count). The Kier molecular flexibility index (Phi) is 9.17. The molecule has 23 heavy (non-hydrogen) atoms. The highest BCUT2D eigenvalue weighted by molar-refractivity contribution is 6.59. The number of nitrogens with zero attached hydrogens (tertiary/aromatic N) is 2. The van der Waals surface area contributed by atoms with Gasteiger partial charge < -0.3 is 4.90 Å². The van der Waals surface area contributed by atoms with Crippen LogP contribution < -0.4 is 4.90 Å². The number of nitro groups is 1. The zero-order valence-electron chi connectivity index (χ0n) is 14.2. The maximum atomic E-state index is 12.1. The molecule has 130 valence electrons. The summed E-state index contributed by atoms with van der Waals surface area (Å²) in [5, 5.41) is 10.7. The van der Waals surface area contributed by atoms with Gasteiger partial charge in [0.1, 0.15) is 0 Å². The van der Waals surface area contributed by atoms with Crippen molar-refractivity contribution in [3.63, 3.8) is 0 Å². The van der Waals surface area contributed by atoms with Crippen LogP contribution in [0.5, 0.6) is 0 Å². The number of rotatable bonds is 2. The standard InChI is InChI=1S/C12H12Cl2N2O3.2C2H6/c1-8-7-9(16(18)19)3-4-10(8)15-6-2-5-12(13,14)11(15)17;2*1-2/h3-4,7H,2,5-6H2,1H3;2*1-2H3. The number of halogens is 2. The predicted molar refractivity (Wildman–Crippen MR) is 96.6 cm³/mol. The molecular formula is C16H24Cl2N2O3. The lowest BCUT2D eigenvalue weighted by atomic mass is 10.1. The number of piperidine rings is 1. The number of carbonyl (C=O) groups is 1. The van der Waals surface area contributed by atoms with Crippen LogP contribution in [0.2, 0.25) is 0 Å². The second-order valence-electron chi connectivity index (χ2n) is 4.49. The van der Waals surface area contributed by atoms with Gasteiger partial charge in [-0.2, -0.15) is 0 Å². The number of amides is 1. The van der Waals surface area contributed by atoms with Gasteiger partial charge in [-0.1, -0.05) is 50.9 Å². The molecule has 0 aromatic heterocycles. The monoisotopic (exact) mass is 362 g/mol. The van der Waals surface area contributed by atoms with Crippen LogP contribution in [0.1, 0.15) is 46.1 Å². The predicted octanol–water partition coefficient (Wildman–Crippen LogP) is 5.26. The topological polar surface area (TPSA) is 63.5 Å². The lowest BCUT2D eigenvalue weighted by Crippen LogP contribution is -2.47. The smallest absolute Gasteiger partial charge is 0.269 e. The first-order valence-electron chi connectivity index (χ1n) is 7.78. The van der Waals surface area contributed by atoms with Gasteiger partial charge in [-0.05, 0) is 31.4 Å². The van der Waals surface area contributed by atoms with Crippen molar-refractivity contribution in [1.29, 1.82) is 0 Å². The molecule has 1 aliphatic heterocycles. The highest BCUT2D eigenvalue weighted by Crippen LogP contribution is 2.37. The Balaban J connectivity index is 0.00000112. The molecule has 0 aliphatic carbocycles. The zero-order chi connectivity index (χ0) is 18.2. The van der Waals surface area contributed by atoms with Crippen LogP contribution in [-0.4, -0.2) is 21.7 Å². The van der Waals surface area contributed by atoms with Crippen LogP contribution in [0.15, 0.2) is 18.2 Å². The van der Waals surface area contributed by atoms with Crippen molar-refractivity contribution in [1.82, 2.24) is 0 Å². The van der Waals surface area contributed by atoms with Gasteiger partial charge in [-0.3, -0.25) is 14.9 Å². The van der Waals surface area contributed by atoms with Crippen molar-refractivity contribution in [2.75, 3.05) is 11.4 Å². The molecule has 5 nitrogen and oxygen atoms in total. The van der Waals surface area contributed by atoms with Crippen LogP contribution in [0.3, 0.4) is 0 Å². The number of nitro benzene ring substituents is 1. The Hall–Kier alpha value is -1.33. The summed E-state index contributed by atoms with van der Waals surface area (Å²) in [4.78, 5) is 23.9. The van der Waals surface area contributed by atoms with E-state index in [1.807, 2.05) is 27.7 Å². The van der Waals surface area contributed by atoms with Crippen molar-refractivity contribution in [3.8, 4) is 0 Å². The fraction of sp³-hybridized carbons (Fsp3) is 0.562. The Morgan fingerprint density at radius 2 is 1.78 bits per heavy atom. The van der Waals surface area contributed by atoms with Gasteiger partial charge in [0.2, 0.25) is 0 Å². The fourth-order valence-corrected chi connectivity index (χ4v) is 2.62. The summed E-state index contributed by atoms with van der Waals surface area (Å²) in [6, 6.07) is 4.36. The van der Waals surface area contributed by atoms with Crippen molar-refractivity contribution in [2.45, 2.75) is 51.8 Å². The molecule has 0 saturated carbocycles. The maximum absolute atomic E-state index is 12.1. The van der Waals surface area contributed by atoms with E-state index >= 15 is 0 Å². The highest BCUT2D eigenvalue weighted by Gasteiger charge is 2.41. The third-order valence-electron chi connectivity index (χ3n) is 3.11. The van der Waals surface area contributed by atoms with Crippen LogP contribution in [-0.2, 0) is 4.79 Å². The summed E-state index contributed by atoms with van der Waals surface area (Å²) in [6.45, 7) is 10.2. The maximum Gasteiger partial charge on any atom is 0.269 e. The van der Waals surface area contributed by atoms with Crippen LogP contribution >= 0.6 is 23.2 Å². The molecule has 0 unspecified atom stereocenters. The van der Waals surface area contributed by atoms with Crippen LogP contribution in [0.25, 0.3) is 0 Å². The number of hydrogen-bond acceptors (Lipinski definition) is 3. The highest BCUT2D eigenvalue weighted by atomic mass is 35.5. The van der Waals surface area contributed by atoms with Gasteiger partial charge in [-0.25, -0.2) is 0 Å². The molecule has 1 saturated heterocycles. The Morgan fingerprint density at radius 1 is 1.22 bits per heavy atom. The largest absolute Gasteiger partial charge is 0.310 e. The van der Waals surface area contributed by atoms with E-state index in [2.05, 4.69) is 0 Å². The Morgan fingerprint density at radius 3 is 2.26 bits per heavy atom. The third-order valence-corrected chi connectivity index (χ3v) is 3.81. The molecule has 1 aromatic carbocycles. The summed E-state index contributed by atoms with van der Waals surface area (Å²) >= 11 is 11.9. The van der Waals surface area contributed by atoms with E-state index in [0.29, 0.717) is 30.6 Å². The number of aryl methyl sites for hydroxylation is 1. The minimum atomic E-state index is -1.41. The van der Waals surface area contributed by atoms with E-state index in [0.717, 1.165) is 0 Å². The normalized spacial score (nSPS) is 15.8. The van der Waals surface area contributed by atoms with E-state index < -0.39 is 9.26 Å². The summed E-state index contributed by atoms with van der Waals surface area (Å²) in [7, 11) is 0. The van der Waals surface area contributed by atoms with Gasteiger partial charge in [-0.15, -0.1) is 0 Å². The van der Waals surface area contributed by atoms with Crippen LogP contribution in [0.4, 0.5) is 11.4 Å². The second-order valence-corrected chi connectivity index (χ2v) is 5.98. The minimum Gasteiger partial charge on any atom is -0.310 e. The van der Waals surface area contributed by atoms with Crippen molar-refractivity contribution < 1.29 is 9.72 Å². The van der Waals surface area contributed by atoms with E-state index in [4.69, 9.17) is 23.2 Å². The van der Waals surface area contributed by atoms with Gasteiger partial charge in [0.05, 0.1) is 4.92 Å². The second kappa shape index (κ2) is 9.73. The summed E-state index contributed by atoms with van der Waals surface area (Å²) in [5.41, 5.74) is 1.25. The number of benzene rings is 1. The first-order chi connectivity index (χ1) is 10.8. The van der Waals surface area contributed by atoms with Crippen molar-refractivity contribution in [2.24, 2.45) is 0 Å². The number of hydrogen-bond donors (Lipinski definition) is 0. The summed E-state index contributed by atoms with van der Waals surface area (Å²) < 4.78 is -1.41. The molecular weight excluding hydrogens is 339 g/mol. The van der Waals surface area contributed by atoms with E-state index in [9.17, 15) is 14.9 Å². The molecule has 1 amide bonds. The minimum absolute atomic E-state index is 0.00582. The zero-order valence-corrected chi connectivity index (χ0v) is 15.7. The molecule has 1 fully saturated rings. The number of non-ortho nitro benzene ring substituents is 1. The van der Waals surface area contributed by atoms with Crippen LogP contribution in [0, 0.1) is 17.0 Å². The number of anilines is 1. The van der Waals surface area contributed by atoms with Crippen molar-refractivity contribution >= 4 is 40.5 Å². The molecule has 1 heterocycles. The van der Waals surface area contributed by atoms with Gasteiger partial charge in [0.25, 0.3) is 11.6 Å². The molecule has 7 heteroatoms. The quantitative estimate of drug-likeness (QED) is 0.409. The number of alkyl halides is 2.